The Balaban J connectivity index is 2.22. The van der Waals surface area contributed by atoms with Crippen LogP contribution in [-0.4, -0.2) is 21.7 Å². The van der Waals surface area contributed by atoms with Crippen LogP contribution in [0.2, 0.25) is 19.6 Å². The maximum absolute atomic E-state index is 12.0. The SMILES string of the molecule is C[Si](C)(C)C#Cc1ccc(S(=O)(=O)C2CC2)cc1. The van der Waals surface area contributed by atoms with Gasteiger partial charge in [-0.3, -0.25) is 0 Å². The Bertz CT molecular complexity index is 594. The average Bonchev–Trinajstić information content (AvgIpc) is 3.10. The molecule has 0 saturated heterocycles. The van der Waals surface area contributed by atoms with Gasteiger partial charge in [-0.25, -0.2) is 8.42 Å². The first-order valence-electron chi connectivity index (χ1n) is 6.16. The van der Waals surface area contributed by atoms with E-state index in [0.717, 1.165) is 18.4 Å². The molecule has 0 atom stereocenters. The summed E-state index contributed by atoms with van der Waals surface area (Å²) < 4.78 is 24.0. The Morgan fingerprint density at radius 2 is 1.67 bits per heavy atom. The summed E-state index contributed by atoms with van der Waals surface area (Å²) in [6, 6.07) is 6.98. The fourth-order valence-corrected chi connectivity index (χ4v) is 3.73. The topological polar surface area (TPSA) is 34.1 Å². The quantitative estimate of drug-likeness (QED) is 0.616. The highest BCUT2D eigenvalue weighted by molar-refractivity contribution is 7.92. The minimum Gasteiger partial charge on any atom is -0.223 e. The van der Waals surface area contributed by atoms with Crippen LogP contribution in [0.15, 0.2) is 29.2 Å². The summed E-state index contributed by atoms with van der Waals surface area (Å²) in [6.45, 7) is 6.56. The molecule has 0 spiro atoms. The van der Waals surface area contributed by atoms with Gasteiger partial charge < -0.3 is 0 Å². The molecule has 18 heavy (non-hydrogen) atoms. The van der Waals surface area contributed by atoms with Crippen molar-refractivity contribution in [2.45, 2.75) is 42.6 Å². The second-order valence-corrected chi connectivity index (χ2v) is 12.7. The van der Waals surface area contributed by atoms with Gasteiger partial charge in [-0.1, -0.05) is 25.6 Å². The van der Waals surface area contributed by atoms with Gasteiger partial charge >= 0.3 is 0 Å². The largest absolute Gasteiger partial charge is 0.223 e. The summed E-state index contributed by atoms with van der Waals surface area (Å²) in [7, 11) is -4.44. The van der Waals surface area contributed by atoms with E-state index >= 15 is 0 Å². The van der Waals surface area contributed by atoms with E-state index in [1.54, 1.807) is 12.1 Å². The summed E-state index contributed by atoms with van der Waals surface area (Å²) in [4.78, 5) is 0.434. The van der Waals surface area contributed by atoms with E-state index in [2.05, 4.69) is 31.1 Å². The van der Waals surface area contributed by atoms with Gasteiger partial charge in [0.05, 0.1) is 10.1 Å². The van der Waals surface area contributed by atoms with Crippen LogP contribution in [0, 0.1) is 11.5 Å². The van der Waals surface area contributed by atoms with Crippen LogP contribution < -0.4 is 0 Å². The molecule has 0 radical (unpaired) electrons. The molecule has 2 nitrogen and oxygen atoms in total. The lowest BCUT2D eigenvalue weighted by Gasteiger charge is -2.04. The van der Waals surface area contributed by atoms with Crippen molar-refractivity contribution in [3.8, 4) is 11.5 Å². The average molecular weight is 278 g/mol. The fraction of sp³-hybridized carbons (Fsp3) is 0.429. The van der Waals surface area contributed by atoms with Crippen LogP contribution in [0.4, 0.5) is 0 Å². The van der Waals surface area contributed by atoms with E-state index in [1.165, 1.54) is 0 Å². The Morgan fingerprint density at radius 1 is 1.11 bits per heavy atom. The highest BCUT2D eigenvalue weighted by Gasteiger charge is 2.36. The molecule has 1 fully saturated rings. The molecule has 0 N–H and O–H groups in total. The van der Waals surface area contributed by atoms with E-state index in [4.69, 9.17) is 0 Å². The number of rotatable bonds is 2. The lowest BCUT2D eigenvalue weighted by atomic mass is 10.2. The highest BCUT2D eigenvalue weighted by Crippen LogP contribution is 2.33. The fourth-order valence-electron chi connectivity index (χ4n) is 1.56. The van der Waals surface area contributed by atoms with Gasteiger partial charge in [-0.2, -0.15) is 0 Å². The van der Waals surface area contributed by atoms with Gasteiger partial charge in [0, 0.05) is 5.56 Å². The zero-order valence-electron chi connectivity index (χ0n) is 11.0. The van der Waals surface area contributed by atoms with Crippen molar-refractivity contribution >= 4 is 17.9 Å². The van der Waals surface area contributed by atoms with Crippen LogP contribution in [0.5, 0.6) is 0 Å². The van der Waals surface area contributed by atoms with Crippen molar-refractivity contribution in [1.82, 2.24) is 0 Å². The number of benzene rings is 1. The molecule has 0 bridgehead atoms. The Morgan fingerprint density at radius 3 is 2.11 bits per heavy atom. The standard InChI is InChI=1S/C14H18O2SSi/c1-18(2,3)11-10-12-4-6-13(7-5-12)17(15,16)14-8-9-14/h4-7,14H,8-9H2,1-3H3. The lowest BCUT2D eigenvalue weighted by molar-refractivity contribution is 0.595. The van der Waals surface area contributed by atoms with Crippen molar-refractivity contribution < 1.29 is 8.42 Å². The Kier molecular flexibility index (Phi) is 3.39. The van der Waals surface area contributed by atoms with Crippen molar-refractivity contribution in [2.75, 3.05) is 0 Å². The van der Waals surface area contributed by atoms with Crippen LogP contribution in [0.3, 0.4) is 0 Å². The van der Waals surface area contributed by atoms with Crippen molar-refractivity contribution in [1.29, 1.82) is 0 Å². The third kappa shape index (κ3) is 3.24. The number of sulfone groups is 1. The molecule has 1 saturated carbocycles. The first-order valence-corrected chi connectivity index (χ1v) is 11.2. The van der Waals surface area contributed by atoms with E-state index in [-0.39, 0.29) is 5.25 Å². The predicted octanol–water partition coefficient (Wildman–Crippen LogP) is 2.85. The first-order chi connectivity index (χ1) is 8.29. The molecule has 1 aromatic rings. The molecule has 0 amide bonds. The van der Waals surface area contributed by atoms with Crippen LogP contribution >= 0.6 is 0 Å². The smallest absolute Gasteiger partial charge is 0.181 e. The molecule has 2 rings (SSSR count). The molecule has 1 aliphatic carbocycles. The maximum Gasteiger partial charge on any atom is 0.181 e. The van der Waals surface area contributed by atoms with E-state index < -0.39 is 17.9 Å². The van der Waals surface area contributed by atoms with Gasteiger partial charge in [0.2, 0.25) is 0 Å². The molecule has 0 aliphatic heterocycles. The zero-order chi connectivity index (χ0) is 13.4. The molecule has 0 unspecified atom stereocenters. The summed E-state index contributed by atoms with van der Waals surface area (Å²) in [6.07, 6.45) is 1.61. The first kappa shape index (κ1) is 13.4. The van der Waals surface area contributed by atoms with E-state index in [1.807, 2.05) is 12.1 Å². The monoisotopic (exact) mass is 278 g/mol. The molecule has 0 heterocycles. The summed E-state index contributed by atoms with van der Waals surface area (Å²) >= 11 is 0. The van der Waals surface area contributed by atoms with Crippen molar-refractivity contribution in [3.05, 3.63) is 29.8 Å². The van der Waals surface area contributed by atoms with Gasteiger partial charge in [0.25, 0.3) is 0 Å². The van der Waals surface area contributed by atoms with Crippen molar-refractivity contribution in [2.24, 2.45) is 0 Å². The summed E-state index contributed by atoms with van der Waals surface area (Å²) in [5.74, 6) is 3.13. The minimum absolute atomic E-state index is 0.142. The van der Waals surface area contributed by atoms with Gasteiger partial charge in [-0.05, 0) is 37.1 Å². The second kappa shape index (κ2) is 4.56. The Labute approximate surface area is 110 Å². The molecule has 4 heteroatoms. The summed E-state index contributed by atoms with van der Waals surface area (Å²) in [5, 5.41) is -0.142. The van der Waals surface area contributed by atoms with Gasteiger partial charge in [0.1, 0.15) is 8.07 Å². The molecule has 1 aliphatic rings. The molecule has 1 aromatic carbocycles. The highest BCUT2D eigenvalue weighted by atomic mass is 32.2. The predicted molar refractivity (Wildman–Crippen MR) is 76.9 cm³/mol. The van der Waals surface area contributed by atoms with Crippen LogP contribution in [0.1, 0.15) is 18.4 Å². The van der Waals surface area contributed by atoms with Crippen molar-refractivity contribution in [3.63, 3.8) is 0 Å². The maximum atomic E-state index is 12.0. The number of hydrogen-bond donors (Lipinski definition) is 0. The lowest BCUT2D eigenvalue weighted by Crippen LogP contribution is -2.16. The molecular formula is C14H18O2SSi. The second-order valence-electron chi connectivity index (χ2n) is 5.77. The van der Waals surface area contributed by atoms with Gasteiger partial charge in [-0.15, -0.1) is 5.54 Å². The third-order valence-corrected chi connectivity index (χ3v) is 5.88. The minimum atomic E-state index is -3.07. The van der Waals surface area contributed by atoms with Crippen LogP contribution in [-0.2, 0) is 9.84 Å². The Hall–Kier alpha value is -1.05. The molecular weight excluding hydrogens is 260 g/mol. The number of hydrogen-bond acceptors (Lipinski definition) is 2. The third-order valence-electron chi connectivity index (χ3n) is 2.73. The normalized spacial score (nSPS) is 15.9. The van der Waals surface area contributed by atoms with Gasteiger partial charge in [0.15, 0.2) is 9.84 Å². The molecule has 0 aromatic heterocycles. The van der Waals surface area contributed by atoms with E-state index in [9.17, 15) is 8.42 Å². The molecule has 96 valence electrons. The van der Waals surface area contributed by atoms with E-state index in [0.29, 0.717) is 4.90 Å². The zero-order valence-corrected chi connectivity index (χ0v) is 12.8. The summed E-state index contributed by atoms with van der Waals surface area (Å²) in [5.41, 5.74) is 4.17. The van der Waals surface area contributed by atoms with Crippen LogP contribution in [0.25, 0.3) is 0 Å².